The zero-order chi connectivity index (χ0) is 17.6. The fraction of sp³-hybridized carbons (Fsp3) is 0.0588. The molecule has 1 aromatic heterocycles. The molecule has 3 rings (SSSR count). The molecule has 0 spiro atoms. The Morgan fingerprint density at radius 3 is 2.68 bits per heavy atom. The minimum atomic E-state index is -2.89. The summed E-state index contributed by atoms with van der Waals surface area (Å²) in [6.45, 7) is -2.89. The van der Waals surface area contributed by atoms with Crippen molar-refractivity contribution >= 4 is 34.3 Å². The highest BCUT2D eigenvalue weighted by Crippen LogP contribution is 2.26. The Morgan fingerprint density at radius 2 is 1.92 bits per heavy atom. The molecule has 0 bridgehead atoms. The molecule has 0 atom stereocenters. The first-order chi connectivity index (χ1) is 12.1. The second-order valence-corrected chi connectivity index (χ2v) is 6.13. The molecule has 0 aliphatic carbocycles. The maximum Gasteiger partial charge on any atom is 0.387 e. The third-order valence-electron chi connectivity index (χ3n) is 3.14. The highest BCUT2D eigenvalue weighted by molar-refractivity contribution is 7.14. The van der Waals surface area contributed by atoms with E-state index in [0.29, 0.717) is 15.7 Å². The molecule has 0 aliphatic rings. The Hall–Kier alpha value is -2.51. The summed E-state index contributed by atoms with van der Waals surface area (Å²) < 4.78 is 29.2. The lowest BCUT2D eigenvalue weighted by Gasteiger charge is -2.06. The molecular formula is C17H12ClF2N3OS. The minimum absolute atomic E-state index is 0.0593. The molecule has 128 valence electrons. The van der Waals surface area contributed by atoms with Crippen LogP contribution in [0.1, 0.15) is 5.56 Å². The van der Waals surface area contributed by atoms with Gasteiger partial charge in [-0.2, -0.15) is 13.9 Å². The number of aromatic nitrogens is 1. The molecule has 1 heterocycles. The highest BCUT2D eigenvalue weighted by Gasteiger charge is 2.08. The monoisotopic (exact) mass is 379 g/mol. The predicted octanol–water partition coefficient (Wildman–Crippen LogP) is 5.51. The van der Waals surface area contributed by atoms with Gasteiger partial charge in [-0.15, -0.1) is 11.3 Å². The Morgan fingerprint density at radius 1 is 1.16 bits per heavy atom. The molecule has 0 unspecified atom stereocenters. The molecule has 25 heavy (non-hydrogen) atoms. The van der Waals surface area contributed by atoms with Crippen LogP contribution in [0.25, 0.3) is 11.3 Å². The maximum atomic E-state index is 12.4. The van der Waals surface area contributed by atoms with E-state index in [0.717, 1.165) is 11.3 Å². The Bertz CT molecular complexity index is 868. The number of para-hydroxylation sites is 1. The number of thiazole rings is 1. The molecule has 1 N–H and O–H groups in total. The molecule has 3 aromatic rings. The minimum Gasteiger partial charge on any atom is -0.434 e. The van der Waals surface area contributed by atoms with Gasteiger partial charge in [0.1, 0.15) is 5.75 Å². The number of hydrogen-bond donors (Lipinski definition) is 1. The summed E-state index contributed by atoms with van der Waals surface area (Å²) in [7, 11) is 0. The molecule has 8 heteroatoms. The van der Waals surface area contributed by atoms with E-state index in [1.165, 1.54) is 23.6 Å². The third-order valence-corrected chi connectivity index (χ3v) is 4.14. The van der Waals surface area contributed by atoms with Crippen LogP contribution in [0.2, 0.25) is 5.02 Å². The second kappa shape index (κ2) is 8.04. The lowest BCUT2D eigenvalue weighted by atomic mass is 10.2. The van der Waals surface area contributed by atoms with Crippen LogP contribution in [0.5, 0.6) is 5.75 Å². The van der Waals surface area contributed by atoms with Gasteiger partial charge < -0.3 is 4.74 Å². The zero-order valence-electron chi connectivity index (χ0n) is 12.7. The fourth-order valence-electron chi connectivity index (χ4n) is 2.03. The van der Waals surface area contributed by atoms with Crippen molar-refractivity contribution in [1.82, 2.24) is 4.98 Å². The zero-order valence-corrected chi connectivity index (χ0v) is 14.3. The van der Waals surface area contributed by atoms with Gasteiger partial charge in [-0.1, -0.05) is 35.9 Å². The van der Waals surface area contributed by atoms with E-state index < -0.39 is 6.61 Å². The van der Waals surface area contributed by atoms with Crippen molar-refractivity contribution in [1.29, 1.82) is 0 Å². The van der Waals surface area contributed by atoms with Crippen molar-refractivity contribution in [2.24, 2.45) is 5.10 Å². The van der Waals surface area contributed by atoms with Crippen LogP contribution in [-0.4, -0.2) is 17.8 Å². The summed E-state index contributed by atoms with van der Waals surface area (Å²) in [5, 5.41) is 7.15. The van der Waals surface area contributed by atoms with Gasteiger partial charge in [0.2, 0.25) is 5.13 Å². The van der Waals surface area contributed by atoms with Crippen molar-refractivity contribution in [2.75, 3.05) is 5.43 Å². The number of nitrogens with zero attached hydrogens (tertiary/aromatic N) is 2. The predicted molar refractivity (Wildman–Crippen MR) is 96.9 cm³/mol. The number of rotatable bonds is 6. The third kappa shape index (κ3) is 4.74. The average Bonchev–Trinajstić information content (AvgIpc) is 3.05. The van der Waals surface area contributed by atoms with Crippen molar-refractivity contribution < 1.29 is 13.5 Å². The summed E-state index contributed by atoms with van der Waals surface area (Å²) in [4.78, 5) is 4.41. The quantitative estimate of drug-likeness (QED) is 0.453. The smallest absolute Gasteiger partial charge is 0.387 e. The standard InChI is InChI=1S/C17H12ClF2N3OS/c18-13-7-5-11(6-8-13)14-10-25-17(22-14)23-21-9-12-3-1-2-4-15(12)24-16(19)20/h1-10,16H,(H,22,23)/b21-9+. The fourth-order valence-corrected chi connectivity index (χ4v) is 2.82. The molecule has 0 fully saturated rings. The summed E-state index contributed by atoms with van der Waals surface area (Å²) in [5.74, 6) is 0.0593. The Kier molecular flexibility index (Phi) is 5.57. The number of halogens is 3. The maximum absolute atomic E-state index is 12.4. The molecule has 0 aliphatic heterocycles. The first-order valence-corrected chi connectivity index (χ1v) is 8.42. The van der Waals surface area contributed by atoms with Gasteiger partial charge in [-0.3, -0.25) is 5.43 Å². The summed E-state index contributed by atoms with van der Waals surface area (Å²) in [6, 6.07) is 13.7. The van der Waals surface area contributed by atoms with E-state index >= 15 is 0 Å². The highest BCUT2D eigenvalue weighted by atomic mass is 35.5. The first-order valence-electron chi connectivity index (χ1n) is 7.16. The van der Waals surface area contributed by atoms with Crippen molar-refractivity contribution in [3.8, 4) is 17.0 Å². The largest absolute Gasteiger partial charge is 0.434 e. The molecular weight excluding hydrogens is 368 g/mol. The summed E-state index contributed by atoms with van der Waals surface area (Å²) >= 11 is 7.25. The van der Waals surface area contributed by atoms with E-state index in [4.69, 9.17) is 11.6 Å². The molecule has 0 saturated heterocycles. The van der Waals surface area contributed by atoms with Crippen LogP contribution in [-0.2, 0) is 0 Å². The van der Waals surface area contributed by atoms with Crippen molar-refractivity contribution in [3.63, 3.8) is 0 Å². The molecule has 0 radical (unpaired) electrons. The normalized spacial score (nSPS) is 11.2. The van der Waals surface area contributed by atoms with Crippen LogP contribution < -0.4 is 10.2 Å². The van der Waals surface area contributed by atoms with Gasteiger partial charge in [0.15, 0.2) is 0 Å². The van der Waals surface area contributed by atoms with E-state index in [-0.39, 0.29) is 5.75 Å². The number of alkyl halides is 2. The topological polar surface area (TPSA) is 46.5 Å². The van der Waals surface area contributed by atoms with Gasteiger partial charge in [-0.25, -0.2) is 4.98 Å². The Labute approximate surface area is 151 Å². The first kappa shape index (κ1) is 17.3. The van der Waals surface area contributed by atoms with E-state index in [9.17, 15) is 8.78 Å². The van der Waals surface area contributed by atoms with Crippen molar-refractivity contribution in [3.05, 3.63) is 64.5 Å². The SMILES string of the molecule is FC(F)Oc1ccccc1/C=N/Nc1nc(-c2ccc(Cl)cc2)cs1. The average molecular weight is 380 g/mol. The lowest BCUT2D eigenvalue weighted by molar-refractivity contribution is -0.0499. The van der Waals surface area contributed by atoms with E-state index in [1.54, 1.807) is 30.3 Å². The Balaban J connectivity index is 1.68. The number of anilines is 1. The number of nitrogens with one attached hydrogen (secondary N) is 1. The second-order valence-electron chi connectivity index (χ2n) is 4.83. The number of benzene rings is 2. The van der Waals surface area contributed by atoms with Gasteiger partial charge in [0.05, 0.1) is 11.9 Å². The van der Waals surface area contributed by atoms with Crippen LogP contribution in [0, 0.1) is 0 Å². The number of hydrogen-bond acceptors (Lipinski definition) is 5. The van der Waals surface area contributed by atoms with Crippen LogP contribution >= 0.6 is 22.9 Å². The van der Waals surface area contributed by atoms with Gasteiger partial charge in [0.25, 0.3) is 0 Å². The van der Waals surface area contributed by atoms with Crippen molar-refractivity contribution in [2.45, 2.75) is 6.61 Å². The van der Waals surface area contributed by atoms with Crippen LogP contribution in [0.4, 0.5) is 13.9 Å². The van der Waals surface area contributed by atoms with Crippen LogP contribution in [0.3, 0.4) is 0 Å². The van der Waals surface area contributed by atoms with Gasteiger partial charge in [-0.05, 0) is 24.3 Å². The summed E-state index contributed by atoms with van der Waals surface area (Å²) in [6.07, 6.45) is 1.40. The molecule has 0 saturated carbocycles. The number of hydrazone groups is 1. The number of ether oxygens (including phenoxy) is 1. The van der Waals surface area contributed by atoms with E-state index in [2.05, 4.69) is 20.2 Å². The van der Waals surface area contributed by atoms with E-state index in [1.807, 2.05) is 17.5 Å². The van der Waals surface area contributed by atoms with Gasteiger partial charge >= 0.3 is 6.61 Å². The molecule has 2 aromatic carbocycles. The summed E-state index contributed by atoms with van der Waals surface area (Å²) in [5.41, 5.74) is 4.95. The lowest BCUT2D eigenvalue weighted by Crippen LogP contribution is -2.04. The van der Waals surface area contributed by atoms with Gasteiger partial charge in [0, 0.05) is 21.5 Å². The van der Waals surface area contributed by atoms with Crippen LogP contribution in [0.15, 0.2) is 59.0 Å². The molecule has 4 nitrogen and oxygen atoms in total. The molecule has 0 amide bonds.